The standard InChI is InChI=1S/C18H34O3.CH4O.K/c1-2-3-4-11-14-17(19)15-12-9-7-5-6-8-10-13-16-18(20)21;1-2;/h9,12,17,19H,2-8,10-11,13-16H2,1H3,(H,20,21);2H,1H3;/q;;+1/p-1/b12-9-;;. The zero-order valence-electron chi connectivity index (χ0n) is 16.1. The molecule has 4 nitrogen and oxygen atoms in total. The van der Waals surface area contributed by atoms with Crippen LogP contribution in [0.3, 0.4) is 0 Å². The number of hydrogen-bond donors (Lipinski definition) is 2. The summed E-state index contributed by atoms with van der Waals surface area (Å²) >= 11 is 0. The van der Waals surface area contributed by atoms with Gasteiger partial charge in [0.1, 0.15) is 0 Å². The van der Waals surface area contributed by atoms with E-state index in [0.29, 0.717) is 0 Å². The van der Waals surface area contributed by atoms with E-state index in [-0.39, 0.29) is 63.9 Å². The molecule has 0 aromatic heterocycles. The molecule has 0 spiro atoms. The number of aliphatic carboxylic acids is 1. The van der Waals surface area contributed by atoms with Crippen molar-refractivity contribution in [3.63, 3.8) is 0 Å². The summed E-state index contributed by atoms with van der Waals surface area (Å²) in [4.78, 5) is 10.2. The van der Waals surface area contributed by atoms with Gasteiger partial charge in [0.2, 0.25) is 0 Å². The van der Waals surface area contributed by atoms with Crippen molar-refractivity contribution in [2.75, 3.05) is 7.11 Å². The number of unbranched alkanes of at least 4 members (excludes halogenated alkanes) is 8. The zero-order valence-corrected chi connectivity index (χ0v) is 19.3. The van der Waals surface area contributed by atoms with Gasteiger partial charge in [0.25, 0.3) is 0 Å². The van der Waals surface area contributed by atoms with Gasteiger partial charge in [-0.2, -0.15) is 0 Å². The fourth-order valence-electron chi connectivity index (χ4n) is 2.36. The van der Waals surface area contributed by atoms with Crippen LogP contribution in [-0.2, 0) is 4.79 Å². The smallest absolute Gasteiger partial charge is 0.550 e. The normalized spacial score (nSPS) is 11.5. The van der Waals surface area contributed by atoms with Gasteiger partial charge in [0.15, 0.2) is 0 Å². The first kappa shape index (κ1) is 29.5. The molecule has 0 bridgehead atoms. The predicted octanol–water partition coefficient (Wildman–Crippen LogP) is 0.357. The molecule has 0 aliphatic heterocycles. The Balaban J connectivity index is -0.00000141. The second kappa shape index (κ2) is 26.0. The van der Waals surface area contributed by atoms with Gasteiger partial charge in [0, 0.05) is 13.1 Å². The molecule has 0 amide bonds. The second-order valence-corrected chi connectivity index (χ2v) is 5.89. The monoisotopic (exact) mass is 368 g/mol. The molecule has 0 saturated heterocycles. The van der Waals surface area contributed by atoms with E-state index in [1.54, 1.807) is 0 Å². The molecule has 0 rings (SSSR count). The molecule has 0 fully saturated rings. The number of aliphatic hydroxyl groups excluding tert-OH is 2. The largest absolute Gasteiger partial charge is 1.00 e. The molecule has 0 aliphatic carbocycles. The van der Waals surface area contributed by atoms with Crippen molar-refractivity contribution < 1.29 is 71.5 Å². The van der Waals surface area contributed by atoms with Crippen LogP contribution in [0.1, 0.15) is 90.4 Å². The molecule has 24 heavy (non-hydrogen) atoms. The maximum Gasteiger partial charge on any atom is 1.00 e. The summed E-state index contributed by atoms with van der Waals surface area (Å²) in [7, 11) is 1.00. The van der Waals surface area contributed by atoms with Crippen LogP contribution in [0.25, 0.3) is 0 Å². The minimum Gasteiger partial charge on any atom is -0.550 e. The van der Waals surface area contributed by atoms with Gasteiger partial charge >= 0.3 is 51.4 Å². The van der Waals surface area contributed by atoms with E-state index in [1.807, 2.05) is 0 Å². The number of carboxylic acid groups (broad SMARTS) is 1. The first-order valence-corrected chi connectivity index (χ1v) is 9.14. The van der Waals surface area contributed by atoms with Gasteiger partial charge in [-0.1, -0.05) is 64.0 Å². The fraction of sp³-hybridized carbons (Fsp3) is 0.842. The average molecular weight is 369 g/mol. The summed E-state index contributed by atoms with van der Waals surface area (Å²) in [5.41, 5.74) is 0. The van der Waals surface area contributed by atoms with Crippen molar-refractivity contribution in [2.24, 2.45) is 0 Å². The third-order valence-electron chi connectivity index (χ3n) is 3.72. The van der Waals surface area contributed by atoms with Gasteiger partial charge in [-0.05, 0) is 38.5 Å². The van der Waals surface area contributed by atoms with Gasteiger partial charge in [-0.15, -0.1) is 0 Å². The zero-order chi connectivity index (χ0) is 17.8. The molecular weight excluding hydrogens is 331 g/mol. The third kappa shape index (κ3) is 27.6. The number of carboxylic acids is 1. The Hall–Kier alpha value is 0.766. The Labute approximate surface area is 191 Å². The number of allylic oxidation sites excluding steroid dienone is 1. The van der Waals surface area contributed by atoms with Gasteiger partial charge in [0.05, 0.1) is 6.10 Å². The molecule has 0 aliphatic rings. The molecular formula is C19H37KO4. The summed E-state index contributed by atoms with van der Waals surface area (Å²) in [5, 5.41) is 27.0. The quantitative estimate of drug-likeness (QED) is 0.248. The van der Waals surface area contributed by atoms with Crippen molar-refractivity contribution in [2.45, 2.75) is 96.5 Å². The Kier molecular flexibility index (Phi) is 32.0. The molecule has 1 atom stereocenters. The van der Waals surface area contributed by atoms with Gasteiger partial charge < -0.3 is 20.1 Å². The fourth-order valence-corrected chi connectivity index (χ4v) is 2.36. The van der Waals surface area contributed by atoms with E-state index in [4.69, 9.17) is 5.11 Å². The topological polar surface area (TPSA) is 80.6 Å². The number of aliphatic hydroxyl groups is 2. The minimum absolute atomic E-state index is 0. The van der Waals surface area contributed by atoms with E-state index < -0.39 is 5.97 Å². The Morgan fingerprint density at radius 1 is 0.958 bits per heavy atom. The maximum atomic E-state index is 10.2. The van der Waals surface area contributed by atoms with E-state index in [9.17, 15) is 15.0 Å². The van der Waals surface area contributed by atoms with E-state index in [1.165, 1.54) is 19.3 Å². The SMILES string of the molecule is CCCCCCC(O)C/C=C\CCCCCCCC(=O)[O-].CO.[K+]. The molecule has 0 aromatic rings. The van der Waals surface area contributed by atoms with Crippen molar-refractivity contribution in [3.05, 3.63) is 12.2 Å². The molecule has 1 unspecified atom stereocenters. The van der Waals surface area contributed by atoms with Crippen LogP contribution in [0.2, 0.25) is 0 Å². The van der Waals surface area contributed by atoms with Crippen molar-refractivity contribution in [3.8, 4) is 0 Å². The van der Waals surface area contributed by atoms with E-state index in [0.717, 1.165) is 64.9 Å². The van der Waals surface area contributed by atoms with Crippen molar-refractivity contribution in [1.82, 2.24) is 0 Å². The summed E-state index contributed by atoms with van der Waals surface area (Å²) < 4.78 is 0. The third-order valence-corrected chi connectivity index (χ3v) is 3.72. The Morgan fingerprint density at radius 3 is 2.17 bits per heavy atom. The van der Waals surface area contributed by atoms with Crippen LogP contribution in [0.15, 0.2) is 12.2 Å². The van der Waals surface area contributed by atoms with Crippen LogP contribution in [0.5, 0.6) is 0 Å². The predicted molar refractivity (Wildman–Crippen MR) is 94.0 cm³/mol. The molecule has 0 saturated carbocycles. The van der Waals surface area contributed by atoms with Gasteiger partial charge in [-0.3, -0.25) is 0 Å². The molecule has 5 heteroatoms. The molecule has 138 valence electrons. The second-order valence-electron chi connectivity index (χ2n) is 5.89. The van der Waals surface area contributed by atoms with E-state index >= 15 is 0 Å². The van der Waals surface area contributed by atoms with Crippen LogP contribution < -0.4 is 56.5 Å². The number of hydrogen-bond acceptors (Lipinski definition) is 4. The summed E-state index contributed by atoms with van der Waals surface area (Å²) in [6.07, 6.45) is 17.0. The van der Waals surface area contributed by atoms with Crippen molar-refractivity contribution in [1.29, 1.82) is 0 Å². The first-order chi connectivity index (χ1) is 11.2. The van der Waals surface area contributed by atoms with Crippen LogP contribution >= 0.6 is 0 Å². The number of carbonyl (C=O) groups excluding carboxylic acids is 1. The van der Waals surface area contributed by atoms with Crippen LogP contribution in [0, 0.1) is 0 Å². The van der Waals surface area contributed by atoms with Gasteiger partial charge in [-0.25, -0.2) is 0 Å². The average Bonchev–Trinajstić information content (AvgIpc) is 2.55. The van der Waals surface area contributed by atoms with Crippen molar-refractivity contribution >= 4 is 5.97 Å². The van der Waals surface area contributed by atoms with Crippen LogP contribution in [0.4, 0.5) is 0 Å². The number of rotatable bonds is 15. The number of carbonyl (C=O) groups is 1. The Bertz CT molecular complexity index is 270. The summed E-state index contributed by atoms with van der Waals surface area (Å²) in [5.74, 6) is -0.939. The first-order valence-electron chi connectivity index (χ1n) is 9.14. The molecule has 0 heterocycles. The van der Waals surface area contributed by atoms with E-state index in [2.05, 4.69) is 19.1 Å². The Morgan fingerprint density at radius 2 is 1.54 bits per heavy atom. The van der Waals surface area contributed by atoms with Crippen LogP contribution in [-0.4, -0.2) is 29.4 Å². The molecule has 0 radical (unpaired) electrons. The summed E-state index contributed by atoms with van der Waals surface area (Å²) in [6.45, 7) is 2.20. The molecule has 2 N–H and O–H groups in total. The minimum atomic E-state index is -0.939. The summed E-state index contributed by atoms with van der Waals surface area (Å²) in [6, 6.07) is 0. The maximum absolute atomic E-state index is 10.2. The molecule has 0 aromatic carbocycles.